The van der Waals surface area contributed by atoms with Gasteiger partial charge in [-0.25, -0.2) is 4.89 Å². The molecule has 0 bridgehead atoms. The maximum Gasteiger partial charge on any atom is 0.133 e. The number of hydrogen-bond donors (Lipinski definition) is 0. The summed E-state index contributed by atoms with van der Waals surface area (Å²) in [5.74, 6) is 2.65. The van der Waals surface area contributed by atoms with Crippen LogP contribution in [0, 0.1) is 34.5 Å². The molecule has 5 aliphatic rings. The van der Waals surface area contributed by atoms with E-state index in [0.717, 1.165) is 32.1 Å². The number of carbonyl (C=O) groups excluding carboxylic acids is 1. The molecule has 146 valence electrons. The van der Waals surface area contributed by atoms with Crippen molar-refractivity contribution in [1.29, 1.82) is 0 Å². The Labute approximate surface area is 155 Å². The van der Waals surface area contributed by atoms with Gasteiger partial charge in [0.15, 0.2) is 0 Å². The van der Waals surface area contributed by atoms with Crippen molar-refractivity contribution in [3.8, 4) is 0 Å². The molecule has 4 saturated carbocycles. The number of carbonyl (C=O) groups is 1. The van der Waals surface area contributed by atoms with Crippen LogP contribution in [0.25, 0.3) is 0 Å². The molecule has 1 saturated heterocycles. The van der Waals surface area contributed by atoms with E-state index in [2.05, 4.69) is 18.9 Å². The van der Waals surface area contributed by atoms with Crippen molar-refractivity contribution < 1.29 is 24.7 Å². The van der Waals surface area contributed by atoms with Crippen LogP contribution in [-0.4, -0.2) is 23.6 Å². The maximum absolute atomic E-state index is 12.3. The molecule has 0 radical (unpaired) electrons. The van der Waals surface area contributed by atoms with Crippen molar-refractivity contribution in [3.05, 3.63) is 0 Å². The van der Waals surface area contributed by atoms with Crippen molar-refractivity contribution in [2.45, 2.75) is 89.9 Å². The predicted octanol–water partition coefficient (Wildman–Crippen LogP) is 2.96. The highest BCUT2D eigenvalue weighted by Gasteiger charge is 2.76. The number of hydrogen-bond acceptors (Lipinski definition) is 5. The highest BCUT2D eigenvalue weighted by Crippen LogP contribution is 2.74. The van der Waals surface area contributed by atoms with Gasteiger partial charge in [0.2, 0.25) is 0 Å². The van der Waals surface area contributed by atoms with E-state index in [1.54, 1.807) is 6.92 Å². The molecule has 5 fully saturated rings. The van der Waals surface area contributed by atoms with Crippen LogP contribution in [0.15, 0.2) is 0 Å². The van der Waals surface area contributed by atoms with E-state index in [9.17, 15) is 10.1 Å². The van der Waals surface area contributed by atoms with Gasteiger partial charge in [-0.05, 0) is 75.0 Å². The second kappa shape index (κ2) is 5.53. The van der Waals surface area contributed by atoms with Crippen molar-refractivity contribution in [2.24, 2.45) is 34.5 Å². The maximum atomic E-state index is 12.3. The van der Waals surface area contributed by atoms with Gasteiger partial charge in [0.05, 0.1) is 12.2 Å². The summed E-state index contributed by atoms with van der Waals surface area (Å²) in [6.07, 6.45) is 8.64. The molecule has 0 aromatic heterocycles. The summed E-state index contributed by atoms with van der Waals surface area (Å²) in [6.45, 7) is 6.61. The first-order chi connectivity index (χ1) is 12.4. The molecule has 9 atom stereocenters. The lowest BCUT2D eigenvalue weighted by Gasteiger charge is -2.59. The Kier molecular flexibility index (Phi) is 3.74. The molecule has 1 spiro atoms. The van der Waals surface area contributed by atoms with Gasteiger partial charge < -0.3 is 9.99 Å². The number of rotatable bonds is 3. The van der Waals surface area contributed by atoms with Crippen molar-refractivity contribution >= 4 is 5.78 Å². The van der Waals surface area contributed by atoms with Gasteiger partial charge in [0.1, 0.15) is 11.4 Å². The molecule has 5 rings (SSSR count). The third-order valence-corrected chi connectivity index (χ3v) is 9.71. The Morgan fingerprint density at radius 1 is 1.12 bits per heavy atom. The molecule has 3 unspecified atom stereocenters. The monoisotopic (exact) mass is 363 g/mol. The Bertz CT molecular complexity index is 622. The lowest BCUT2D eigenvalue weighted by atomic mass is 9.44. The normalized spacial score (nSPS) is 57.5. The molecule has 0 aromatic carbocycles. The molecule has 0 aromatic rings. The fourth-order valence-corrected chi connectivity index (χ4v) is 8.45. The Balaban J connectivity index is 1.44. The van der Waals surface area contributed by atoms with E-state index in [1.165, 1.54) is 19.3 Å². The molecular weight excluding hydrogens is 332 g/mol. The van der Waals surface area contributed by atoms with Crippen LogP contribution in [0.4, 0.5) is 0 Å². The summed E-state index contributed by atoms with van der Waals surface area (Å²) in [4.78, 5) is 17.2. The fourth-order valence-electron chi connectivity index (χ4n) is 8.45. The van der Waals surface area contributed by atoms with Gasteiger partial charge in [0, 0.05) is 17.8 Å². The molecule has 0 N–H and O–H groups in total. The third kappa shape index (κ3) is 2.04. The lowest BCUT2D eigenvalue weighted by molar-refractivity contribution is -0.805. The van der Waals surface area contributed by atoms with E-state index >= 15 is 0 Å². The van der Waals surface area contributed by atoms with Gasteiger partial charge in [-0.15, -0.1) is 0 Å². The fraction of sp³-hybridized carbons (Fsp3) is 0.952. The van der Waals surface area contributed by atoms with Crippen LogP contribution >= 0.6 is 0 Å². The summed E-state index contributed by atoms with van der Waals surface area (Å²) < 4.78 is 6.39. The van der Waals surface area contributed by atoms with E-state index in [0.29, 0.717) is 29.6 Å². The van der Waals surface area contributed by atoms with Crippen molar-refractivity contribution in [1.82, 2.24) is 0 Å². The Morgan fingerprint density at radius 3 is 2.65 bits per heavy atom. The summed E-state index contributed by atoms with van der Waals surface area (Å²) in [6, 6.07) is 0. The average Bonchev–Trinajstić information content (AvgIpc) is 3.16. The molecule has 0 amide bonds. The quantitative estimate of drug-likeness (QED) is 0.438. The summed E-state index contributed by atoms with van der Waals surface area (Å²) in [5.41, 5.74) is 0.246. The minimum atomic E-state index is -0.135. The van der Waals surface area contributed by atoms with Crippen LogP contribution < -0.4 is 5.26 Å². The molecule has 1 heterocycles. The molecular formula is C21H31O5-. The topological polar surface area (TPSA) is 71.1 Å². The SMILES string of the molecule is CC(=O)[C@H]1CCC2C3C[C@@H]4O[C@@]45C[C@@H](OO[O-])CC[C@]5(C)C3CC[C@@]21C. The van der Waals surface area contributed by atoms with Crippen LogP contribution in [0.5, 0.6) is 0 Å². The molecule has 1 aliphatic heterocycles. The van der Waals surface area contributed by atoms with Crippen LogP contribution in [0.3, 0.4) is 0 Å². The number of epoxide rings is 1. The summed E-state index contributed by atoms with van der Waals surface area (Å²) in [7, 11) is 0. The first-order valence-electron chi connectivity index (χ1n) is 10.5. The van der Waals surface area contributed by atoms with E-state index in [-0.39, 0.29) is 28.5 Å². The lowest BCUT2D eigenvalue weighted by Crippen LogP contribution is -2.59. The number of fused-ring (bicyclic) bond motifs is 4. The summed E-state index contributed by atoms with van der Waals surface area (Å²) in [5, 5.41) is 14.2. The van der Waals surface area contributed by atoms with Gasteiger partial charge in [0.25, 0.3) is 0 Å². The van der Waals surface area contributed by atoms with Crippen molar-refractivity contribution in [3.63, 3.8) is 0 Å². The highest BCUT2D eigenvalue weighted by molar-refractivity contribution is 5.79. The van der Waals surface area contributed by atoms with Gasteiger partial charge in [-0.2, -0.15) is 0 Å². The van der Waals surface area contributed by atoms with Crippen LogP contribution in [-0.2, 0) is 19.5 Å². The second-order valence-electron chi connectivity index (χ2n) is 10.3. The summed E-state index contributed by atoms with van der Waals surface area (Å²) >= 11 is 0. The standard InChI is InChI=1S/C21H32O5/c1-12(22)15-4-5-16-14-10-18-21(24-18)11-13(25-26-23)6-9-20(21,3)17(14)7-8-19(15,16)2/h13-18,23H,4-11H2,1-3H3/p-1/t13-,14?,15+,16?,17?,18-,19+,20+,21-/m0/s1. The number of Topliss-reactive ketones (excluding diaryl/α,β-unsaturated/α-hetero) is 1. The minimum Gasteiger partial charge on any atom is -0.692 e. The molecule has 4 aliphatic carbocycles. The Morgan fingerprint density at radius 2 is 1.92 bits per heavy atom. The predicted molar refractivity (Wildman–Crippen MR) is 91.4 cm³/mol. The van der Waals surface area contributed by atoms with Crippen LogP contribution in [0.2, 0.25) is 0 Å². The molecule has 5 heteroatoms. The zero-order valence-electron chi connectivity index (χ0n) is 16.2. The first kappa shape index (κ1) is 17.6. The highest BCUT2D eigenvalue weighted by atomic mass is 17.5. The zero-order chi connectivity index (χ0) is 18.3. The van der Waals surface area contributed by atoms with Gasteiger partial charge in [-0.3, -0.25) is 9.83 Å². The van der Waals surface area contributed by atoms with Gasteiger partial charge >= 0.3 is 0 Å². The second-order valence-corrected chi connectivity index (χ2v) is 10.3. The van der Waals surface area contributed by atoms with Gasteiger partial charge in [-0.1, -0.05) is 13.8 Å². The van der Waals surface area contributed by atoms with E-state index in [1.807, 2.05) is 0 Å². The number of ether oxygens (including phenoxy) is 1. The Hall–Kier alpha value is -0.490. The van der Waals surface area contributed by atoms with E-state index in [4.69, 9.17) is 9.62 Å². The molecule has 26 heavy (non-hydrogen) atoms. The minimum absolute atomic E-state index is 0.109. The largest absolute Gasteiger partial charge is 0.692 e. The first-order valence-corrected chi connectivity index (χ1v) is 10.5. The zero-order valence-corrected chi connectivity index (χ0v) is 16.2. The average molecular weight is 363 g/mol. The number of ketones is 1. The smallest absolute Gasteiger partial charge is 0.133 e. The van der Waals surface area contributed by atoms with E-state index < -0.39 is 0 Å². The molecule has 5 nitrogen and oxygen atoms in total. The van der Waals surface area contributed by atoms with Crippen molar-refractivity contribution in [2.75, 3.05) is 0 Å². The third-order valence-electron chi connectivity index (χ3n) is 9.71. The van der Waals surface area contributed by atoms with Crippen LogP contribution in [0.1, 0.15) is 72.1 Å².